The van der Waals surface area contributed by atoms with Gasteiger partial charge in [0.15, 0.2) is 0 Å². The molecule has 3 nitrogen and oxygen atoms in total. The fourth-order valence-electron chi connectivity index (χ4n) is 1.64. The second kappa shape index (κ2) is 5.21. The molecule has 1 aromatic rings. The third-order valence-corrected chi connectivity index (χ3v) is 2.44. The Balaban J connectivity index is 2.84. The average Bonchev–Trinajstić information content (AvgIpc) is 2.19. The highest BCUT2D eigenvalue weighted by Crippen LogP contribution is 2.24. The maximum Gasteiger partial charge on any atom is 0.313 e. The van der Waals surface area contributed by atoms with Crippen LogP contribution in [0.5, 0.6) is 0 Å². The Hall–Kier alpha value is -1.51. The molecule has 0 amide bonds. The van der Waals surface area contributed by atoms with Crippen LogP contribution in [0.4, 0.5) is 5.69 Å². The van der Waals surface area contributed by atoms with Gasteiger partial charge in [0.05, 0.1) is 5.92 Å². The smallest absolute Gasteiger partial charge is 0.313 e. The van der Waals surface area contributed by atoms with E-state index in [0.717, 1.165) is 12.0 Å². The first kappa shape index (κ1) is 13.6. The van der Waals surface area contributed by atoms with Gasteiger partial charge in [-0.2, -0.15) is 0 Å². The first-order chi connectivity index (χ1) is 7.83. The zero-order valence-electron chi connectivity index (χ0n) is 11.0. The zero-order valence-corrected chi connectivity index (χ0v) is 11.0. The van der Waals surface area contributed by atoms with Crippen molar-refractivity contribution in [2.24, 2.45) is 0 Å². The fraction of sp³-hybridized carbons (Fsp3) is 0.500. The molecular formula is C14H21NO2. The Labute approximate surface area is 103 Å². The van der Waals surface area contributed by atoms with Crippen molar-refractivity contribution < 1.29 is 9.53 Å². The first-order valence-electron chi connectivity index (χ1n) is 5.92. The molecular weight excluding hydrogens is 214 g/mol. The van der Waals surface area contributed by atoms with Crippen LogP contribution in [0, 0.1) is 0 Å². The van der Waals surface area contributed by atoms with Crippen molar-refractivity contribution in [1.29, 1.82) is 0 Å². The lowest BCUT2D eigenvalue weighted by Gasteiger charge is -2.23. The molecule has 0 aliphatic heterocycles. The van der Waals surface area contributed by atoms with Gasteiger partial charge in [-0.3, -0.25) is 4.79 Å². The van der Waals surface area contributed by atoms with Crippen LogP contribution in [0.3, 0.4) is 0 Å². The van der Waals surface area contributed by atoms with E-state index in [0.29, 0.717) is 5.69 Å². The first-order valence-corrected chi connectivity index (χ1v) is 5.92. The Bertz CT molecular complexity index is 376. The number of benzene rings is 1. The summed E-state index contributed by atoms with van der Waals surface area (Å²) in [6.45, 7) is 7.60. The molecule has 1 unspecified atom stereocenters. The largest absolute Gasteiger partial charge is 0.459 e. The van der Waals surface area contributed by atoms with Crippen molar-refractivity contribution in [2.45, 2.75) is 45.6 Å². The highest BCUT2D eigenvalue weighted by molar-refractivity contribution is 5.78. The van der Waals surface area contributed by atoms with E-state index < -0.39 is 5.60 Å². The predicted molar refractivity (Wildman–Crippen MR) is 69.7 cm³/mol. The molecule has 0 bridgehead atoms. The topological polar surface area (TPSA) is 52.3 Å². The number of esters is 1. The number of carbonyl (C=O) groups excluding carboxylic acids is 1. The lowest BCUT2D eigenvalue weighted by molar-refractivity contribution is -0.156. The van der Waals surface area contributed by atoms with Crippen molar-refractivity contribution in [3.8, 4) is 0 Å². The van der Waals surface area contributed by atoms with Crippen LogP contribution in [0.2, 0.25) is 0 Å². The third kappa shape index (κ3) is 4.10. The van der Waals surface area contributed by atoms with E-state index in [-0.39, 0.29) is 11.9 Å². The predicted octanol–water partition coefficient (Wildman–Crippen LogP) is 3.10. The van der Waals surface area contributed by atoms with Gasteiger partial charge in [0.2, 0.25) is 0 Å². The highest BCUT2D eigenvalue weighted by atomic mass is 16.6. The number of rotatable bonds is 3. The number of carbonyl (C=O) groups is 1. The molecule has 0 radical (unpaired) electrons. The summed E-state index contributed by atoms with van der Waals surface area (Å²) in [7, 11) is 0. The molecule has 94 valence electrons. The van der Waals surface area contributed by atoms with E-state index in [1.54, 1.807) is 0 Å². The summed E-state index contributed by atoms with van der Waals surface area (Å²) in [4.78, 5) is 12.0. The monoisotopic (exact) mass is 235 g/mol. The molecule has 3 heteroatoms. The third-order valence-electron chi connectivity index (χ3n) is 2.44. The summed E-state index contributed by atoms with van der Waals surface area (Å²) < 4.78 is 5.41. The summed E-state index contributed by atoms with van der Waals surface area (Å²) in [5, 5.41) is 0. The van der Waals surface area contributed by atoms with E-state index in [9.17, 15) is 4.79 Å². The molecule has 0 heterocycles. The van der Waals surface area contributed by atoms with Crippen molar-refractivity contribution in [3.05, 3.63) is 29.8 Å². The minimum Gasteiger partial charge on any atom is -0.459 e. The lowest BCUT2D eigenvalue weighted by Crippen LogP contribution is -2.27. The fourth-order valence-corrected chi connectivity index (χ4v) is 1.64. The van der Waals surface area contributed by atoms with Crippen LogP contribution in [0.15, 0.2) is 24.3 Å². The van der Waals surface area contributed by atoms with Crippen molar-refractivity contribution in [3.63, 3.8) is 0 Å². The summed E-state index contributed by atoms with van der Waals surface area (Å²) >= 11 is 0. The van der Waals surface area contributed by atoms with Gasteiger partial charge in [-0.25, -0.2) is 0 Å². The standard InChI is InChI=1S/C14H21NO2/c1-5-12(13(16)17-14(2,3)4)10-6-8-11(15)9-7-10/h6-9,12H,5,15H2,1-4H3. The summed E-state index contributed by atoms with van der Waals surface area (Å²) in [6.07, 6.45) is 0.721. The SMILES string of the molecule is CCC(C(=O)OC(C)(C)C)c1ccc(N)cc1. The minimum atomic E-state index is -0.446. The quantitative estimate of drug-likeness (QED) is 0.647. The van der Waals surface area contributed by atoms with Gasteiger partial charge in [0.25, 0.3) is 0 Å². The van der Waals surface area contributed by atoms with Gasteiger partial charge >= 0.3 is 5.97 Å². The van der Waals surface area contributed by atoms with Crippen LogP contribution < -0.4 is 5.73 Å². The maximum atomic E-state index is 12.0. The second-order valence-corrected chi connectivity index (χ2v) is 5.16. The van der Waals surface area contributed by atoms with Gasteiger partial charge in [-0.15, -0.1) is 0 Å². The Morgan fingerprint density at radius 2 is 1.82 bits per heavy atom. The van der Waals surface area contributed by atoms with Crippen molar-refractivity contribution in [1.82, 2.24) is 0 Å². The molecule has 17 heavy (non-hydrogen) atoms. The summed E-state index contributed by atoms with van der Waals surface area (Å²) in [5.74, 6) is -0.389. The number of hydrogen-bond donors (Lipinski definition) is 1. The van der Waals surface area contributed by atoms with E-state index in [1.807, 2.05) is 52.0 Å². The summed E-state index contributed by atoms with van der Waals surface area (Å²) in [6, 6.07) is 7.38. The van der Waals surface area contributed by atoms with E-state index in [4.69, 9.17) is 10.5 Å². The Morgan fingerprint density at radius 1 is 1.29 bits per heavy atom. The van der Waals surface area contributed by atoms with Gasteiger partial charge in [-0.1, -0.05) is 19.1 Å². The minimum absolute atomic E-state index is 0.176. The highest BCUT2D eigenvalue weighted by Gasteiger charge is 2.24. The molecule has 0 aromatic heterocycles. The normalized spacial score (nSPS) is 13.2. The molecule has 0 aliphatic rings. The van der Waals surface area contributed by atoms with Crippen LogP contribution in [-0.2, 0) is 9.53 Å². The number of nitrogen functional groups attached to an aromatic ring is 1. The zero-order chi connectivity index (χ0) is 13.1. The molecule has 0 fully saturated rings. The van der Waals surface area contributed by atoms with Gasteiger partial charge < -0.3 is 10.5 Å². The number of ether oxygens (including phenoxy) is 1. The molecule has 0 spiro atoms. The number of hydrogen-bond acceptors (Lipinski definition) is 3. The maximum absolute atomic E-state index is 12.0. The van der Waals surface area contributed by atoms with Crippen LogP contribution in [-0.4, -0.2) is 11.6 Å². The van der Waals surface area contributed by atoms with Gasteiger partial charge in [-0.05, 0) is 44.9 Å². The number of nitrogens with two attached hydrogens (primary N) is 1. The Morgan fingerprint density at radius 3 is 2.24 bits per heavy atom. The van der Waals surface area contributed by atoms with Crippen LogP contribution in [0.1, 0.15) is 45.6 Å². The molecule has 2 N–H and O–H groups in total. The average molecular weight is 235 g/mol. The molecule has 0 saturated carbocycles. The van der Waals surface area contributed by atoms with Crippen molar-refractivity contribution >= 4 is 11.7 Å². The molecule has 1 aromatic carbocycles. The van der Waals surface area contributed by atoms with E-state index in [1.165, 1.54) is 0 Å². The molecule has 1 atom stereocenters. The van der Waals surface area contributed by atoms with Crippen molar-refractivity contribution in [2.75, 3.05) is 5.73 Å². The molecule has 0 aliphatic carbocycles. The molecule has 0 saturated heterocycles. The summed E-state index contributed by atoms with van der Waals surface area (Å²) in [5.41, 5.74) is 6.84. The number of anilines is 1. The molecule has 1 rings (SSSR count). The van der Waals surface area contributed by atoms with E-state index >= 15 is 0 Å². The Kier molecular flexibility index (Phi) is 4.16. The van der Waals surface area contributed by atoms with Gasteiger partial charge in [0, 0.05) is 5.69 Å². The van der Waals surface area contributed by atoms with E-state index in [2.05, 4.69) is 0 Å². The second-order valence-electron chi connectivity index (χ2n) is 5.16. The van der Waals surface area contributed by atoms with Crippen LogP contribution in [0.25, 0.3) is 0 Å². The van der Waals surface area contributed by atoms with Crippen LogP contribution >= 0.6 is 0 Å². The van der Waals surface area contributed by atoms with Gasteiger partial charge in [0.1, 0.15) is 5.60 Å². The lowest BCUT2D eigenvalue weighted by atomic mass is 9.96.